The number of anilines is 1. The van der Waals surface area contributed by atoms with Crippen LogP contribution in [0.3, 0.4) is 0 Å². The number of benzene rings is 3. The number of nitrogens with zero attached hydrogens (tertiary/aromatic N) is 2. The van der Waals surface area contributed by atoms with Crippen LogP contribution in [0.25, 0.3) is 0 Å². The van der Waals surface area contributed by atoms with Crippen molar-refractivity contribution >= 4 is 27.3 Å². The molecule has 0 aliphatic carbocycles. The van der Waals surface area contributed by atoms with E-state index >= 15 is 0 Å². The van der Waals surface area contributed by atoms with Crippen LogP contribution in [0, 0.1) is 0 Å². The maximum atomic E-state index is 12.9. The van der Waals surface area contributed by atoms with Crippen molar-refractivity contribution in [1.29, 1.82) is 0 Å². The molecule has 0 spiro atoms. The van der Waals surface area contributed by atoms with Gasteiger partial charge in [-0.3, -0.25) is 9.52 Å². The molecule has 158 valence electrons. The number of sulfonamides is 1. The monoisotopic (exact) mass is 433 g/mol. The molecule has 0 saturated heterocycles. The minimum Gasteiger partial charge on any atom is -0.279 e. The highest BCUT2D eigenvalue weighted by Crippen LogP contribution is 2.35. The molecule has 4 rings (SSSR count). The standard InChI is InChI=1S/C24H23N3O3S/c1-2-24(28)27-23(18-11-5-3-6-12-18)17-22(25-27)20-15-9-10-16-21(20)26-31(29,30)19-13-7-4-8-14-19/h3-16,23,26H,2,17H2,1H3/t23-/m0/s1. The van der Waals surface area contributed by atoms with Gasteiger partial charge in [-0.1, -0.05) is 73.7 Å². The molecule has 3 aromatic rings. The van der Waals surface area contributed by atoms with Crippen molar-refractivity contribution in [3.63, 3.8) is 0 Å². The minimum atomic E-state index is -3.75. The summed E-state index contributed by atoms with van der Waals surface area (Å²) < 4.78 is 28.4. The van der Waals surface area contributed by atoms with Gasteiger partial charge in [-0.15, -0.1) is 0 Å². The lowest BCUT2D eigenvalue weighted by Crippen LogP contribution is -2.26. The summed E-state index contributed by atoms with van der Waals surface area (Å²) in [6, 6.07) is 24.9. The lowest BCUT2D eigenvalue weighted by Gasteiger charge is -2.21. The van der Waals surface area contributed by atoms with Crippen LogP contribution in [0.2, 0.25) is 0 Å². The zero-order chi connectivity index (χ0) is 21.8. The number of carbonyl (C=O) groups excluding carboxylic acids is 1. The molecule has 1 N–H and O–H groups in total. The summed E-state index contributed by atoms with van der Waals surface area (Å²) in [7, 11) is -3.75. The highest BCUT2D eigenvalue weighted by Gasteiger charge is 2.33. The molecule has 6 nitrogen and oxygen atoms in total. The van der Waals surface area contributed by atoms with Crippen LogP contribution in [0.1, 0.15) is 36.9 Å². The maximum Gasteiger partial charge on any atom is 0.261 e. The van der Waals surface area contributed by atoms with Crippen LogP contribution in [-0.4, -0.2) is 25.0 Å². The Morgan fingerprint density at radius 2 is 1.58 bits per heavy atom. The van der Waals surface area contributed by atoms with Crippen LogP contribution in [0.4, 0.5) is 5.69 Å². The first-order chi connectivity index (χ1) is 15.0. The lowest BCUT2D eigenvalue weighted by atomic mass is 9.97. The van der Waals surface area contributed by atoms with Gasteiger partial charge in [0.2, 0.25) is 5.91 Å². The van der Waals surface area contributed by atoms with E-state index in [-0.39, 0.29) is 16.8 Å². The van der Waals surface area contributed by atoms with E-state index in [0.29, 0.717) is 29.8 Å². The van der Waals surface area contributed by atoms with Gasteiger partial charge in [0.25, 0.3) is 10.0 Å². The summed E-state index contributed by atoms with van der Waals surface area (Å²) in [6.07, 6.45) is 0.836. The number of hydrazone groups is 1. The normalized spacial score (nSPS) is 16.1. The summed E-state index contributed by atoms with van der Waals surface area (Å²) in [6.45, 7) is 1.81. The van der Waals surface area contributed by atoms with E-state index in [4.69, 9.17) is 0 Å². The van der Waals surface area contributed by atoms with Crippen molar-refractivity contribution in [3.8, 4) is 0 Å². The summed E-state index contributed by atoms with van der Waals surface area (Å²) >= 11 is 0. The summed E-state index contributed by atoms with van der Waals surface area (Å²) in [5, 5.41) is 6.14. The second kappa shape index (κ2) is 8.73. The van der Waals surface area contributed by atoms with Crippen molar-refractivity contribution < 1.29 is 13.2 Å². The van der Waals surface area contributed by atoms with E-state index in [1.165, 1.54) is 5.01 Å². The molecule has 0 unspecified atom stereocenters. The Kier molecular flexibility index (Phi) is 5.86. The van der Waals surface area contributed by atoms with E-state index in [1.807, 2.05) is 42.5 Å². The fourth-order valence-corrected chi connectivity index (χ4v) is 4.73. The third-order valence-corrected chi connectivity index (χ3v) is 6.57. The Morgan fingerprint density at radius 3 is 2.26 bits per heavy atom. The van der Waals surface area contributed by atoms with E-state index in [2.05, 4.69) is 9.82 Å². The van der Waals surface area contributed by atoms with Gasteiger partial charge < -0.3 is 0 Å². The van der Waals surface area contributed by atoms with Crippen molar-refractivity contribution in [1.82, 2.24) is 5.01 Å². The Morgan fingerprint density at radius 1 is 0.968 bits per heavy atom. The van der Waals surface area contributed by atoms with Crippen molar-refractivity contribution in [3.05, 3.63) is 96.1 Å². The topological polar surface area (TPSA) is 78.8 Å². The van der Waals surface area contributed by atoms with E-state index in [9.17, 15) is 13.2 Å². The number of nitrogens with one attached hydrogen (secondary N) is 1. The van der Waals surface area contributed by atoms with Gasteiger partial charge in [0.15, 0.2) is 0 Å². The van der Waals surface area contributed by atoms with E-state index < -0.39 is 10.0 Å². The van der Waals surface area contributed by atoms with E-state index in [0.717, 1.165) is 5.56 Å². The zero-order valence-corrected chi connectivity index (χ0v) is 17.9. The molecule has 0 aromatic heterocycles. The molecule has 1 heterocycles. The lowest BCUT2D eigenvalue weighted by molar-refractivity contribution is -0.132. The molecule has 0 bridgehead atoms. The highest BCUT2D eigenvalue weighted by molar-refractivity contribution is 7.92. The summed E-state index contributed by atoms with van der Waals surface area (Å²) in [5.74, 6) is -0.0776. The average molecular weight is 434 g/mol. The minimum absolute atomic E-state index is 0.0776. The predicted octanol–water partition coefficient (Wildman–Crippen LogP) is 4.58. The fraction of sp³-hybridized carbons (Fsp3) is 0.167. The van der Waals surface area contributed by atoms with E-state index in [1.54, 1.807) is 49.4 Å². The molecular formula is C24H23N3O3S. The van der Waals surface area contributed by atoms with Gasteiger partial charge in [-0.25, -0.2) is 13.4 Å². The number of para-hydroxylation sites is 1. The molecule has 1 aliphatic rings. The summed E-state index contributed by atoms with van der Waals surface area (Å²) in [5.41, 5.74) is 2.75. The molecule has 0 radical (unpaired) electrons. The van der Waals surface area contributed by atoms with Gasteiger partial charge in [0, 0.05) is 18.4 Å². The Balaban J connectivity index is 1.69. The van der Waals surface area contributed by atoms with Crippen LogP contribution >= 0.6 is 0 Å². The molecule has 1 aliphatic heterocycles. The first-order valence-corrected chi connectivity index (χ1v) is 11.6. The van der Waals surface area contributed by atoms with Gasteiger partial charge in [0.1, 0.15) is 0 Å². The zero-order valence-electron chi connectivity index (χ0n) is 17.1. The van der Waals surface area contributed by atoms with Crippen molar-refractivity contribution in [2.24, 2.45) is 5.10 Å². The molecular weight excluding hydrogens is 410 g/mol. The molecule has 7 heteroatoms. The average Bonchev–Trinajstić information content (AvgIpc) is 3.25. The SMILES string of the molecule is CCC(=O)N1N=C(c2ccccc2NS(=O)(=O)c2ccccc2)C[C@H]1c1ccccc1. The molecule has 0 saturated carbocycles. The number of amides is 1. The van der Waals surface area contributed by atoms with Gasteiger partial charge in [-0.05, 0) is 23.8 Å². The first-order valence-electron chi connectivity index (χ1n) is 10.1. The number of hydrogen-bond donors (Lipinski definition) is 1. The van der Waals surface area contributed by atoms with Crippen molar-refractivity contribution in [2.75, 3.05) is 4.72 Å². The predicted molar refractivity (Wildman–Crippen MR) is 121 cm³/mol. The smallest absolute Gasteiger partial charge is 0.261 e. The Hall–Kier alpha value is -3.45. The second-order valence-corrected chi connectivity index (χ2v) is 8.92. The third kappa shape index (κ3) is 4.36. The number of rotatable bonds is 6. The Labute approximate surface area is 182 Å². The fourth-order valence-electron chi connectivity index (χ4n) is 3.63. The van der Waals surface area contributed by atoms with Crippen LogP contribution < -0.4 is 4.72 Å². The molecule has 1 atom stereocenters. The number of carbonyl (C=O) groups is 1. The van der Waals surface area contributed by atoms with Crippen LogP contribution in [0.15, 0.2) is 94.9 Å². The second-order valence-electron chi connectivity index (χ2n) is 7.23. The van der Waals surface area contributed by atoms with Gasteiger partial charge in [-0.2, -0.15) is 5.10 Å². The maximum absolute atomic E-state index is 12.9. The molecule has 1 amide bonds. The van der Waals surface area contributed by atoms with Gasteiger partial charge in [0.05, 0.1) is 22.3 Å². The quantitative estimate of drug-likeness (QED) is 0.618. The summed E-state index contributed by atoms with van der Waals surface area (Å²) in [4.78, 5) is 12.8. The van der Waals surface area contributed by atoms with Gasteiger partial charge >= 0.3 is 0 Å². The molecule has 0 fully saturated rings. The largest absolute Gasteiger partial charge is 0.279 e. The van der Waals surface area contributed by atoms with Crippen LogP contribution in [-0.2, 0) is 14.8 Å². The highest BCUT2D eigenvalue weighted by atomic mass is 32.2. The Bertz CT molecular complexity index is 1210. The van der Waals surface area contributed by atoms with Crippen molar-refractivity contribution in [2.45, 2.75) is 30.7 Å². The number of hydrogen-bond acceptors (Lipinski definition) is 4. The molecule has 31 heavy (non-hydrogen) atoms. The first kappa shape index (κ1) is 20.8. The third-order valence-electron chi connectivity index (χ3n) is 5.19. The van der Waals surface area contributed by atoms with Crippen LogP contribution in [0.5, 0.6) is 0 Å². The molecule has 3 aromatic carbocycles.